The maximum atomic E-state index is 13.2. The minimum Gasteiger partial charge on any atom is -0.278 e. The third kappa shape index (κ3) is 2.30. The zero-order valence-corrected chi connectivity index (χ0v) is 20.6. The van der Waals surface area contributed by atoms with Gasteiger partial charge in [-0.15, -0.1) is 0 Å². The number of hydrogen-bond acceptors (Lipinski definition) is 6. The maximum absolute atomic E-state index is 13.2. The summed E-state index contributed by atoms with van der Waals surface area (Å²) in [7, 11) is 2.62. The summed E-state index contributed by atoms with van der Waals surface area (Å²) < 4.78 is 0. The molecule has 0 saturated carbocycles. The third-order valence-electron chi connectivity index (χ3n) is 7.89. The molecule has 0 aliphatic carbocycles. The van der Waals surface area contributed by atoms with Crippen molar-refractivity contribution < 1.29 is 19.2 Å². The van der Waals surface area contributed by atoms with Gasteiger partial charge in [0, 0.05) is 57.9 Å². The maximum Gasteiger partial charge on any atom is 0.261 e. The first kappa shape index (κ1) is 22.8. The molecule has 2 aliphatic rings. The number of carbonyl (C=O) groups is 4. The van der Waals surface area contributed by atoms with E-state index in [4.69, 9.17) is 13.1 Å². The van der Waals surface area contributed by atoms with Crippen molar-refractivity contribution in [2.75, 3.05) is 14.1 Å². The van der Waals surface area contributed by atoms with Crippen molar-refractivity contribution in [1.29, 1.82) is 10.5 Å². The van der Waals surface area contributed by atoms with Crippen molar-refractivity contribution in [2.24, 2.45) is 0 Å². The largest absolute Gasteiger partial charge is 0.278 e. The topological polar surface area (TPSA) is 131 Å². The van der Waals surface area contributed by atoms with E-state index in [0.717, 1.165) is 9.80 Å². The fourth-order valence-electron chi connectivity index (χ4n) is 6.20. The van der Waals surface area contributed by atoms with Gasteiger partial charge < -0.3 is 0 Å². The molecule has 2 aliphatic heterocycles. The number of imide groups is 2. The summed E-state index contributed by atoms with van der Waals surface area (Å²) in [5.41, 5.74) is 0.301. The number of benzene rings is 5. The quantitative estimate of drug-likeness (QED) is 0.122. The lowest BCUT2D eigenvalue weighted by Crippen LogP contribution is -2.37. The molecule has 7 rings (SSSR count). The van der Waals surface area contributed by atoms with Crippen molar-refractivity contribution in [1.82, 2.24) is 9.80 Å². The van der Waals surface area contributed by atoms with E-state index in [2.05, 4.69) is 21.8 Å². The number of fused-ring (bicyclic) bond motifs is 2. The Labute approximate surface area is 224 Å². The van der Waals surface area contributed by atoms with Gasteiger partial charge in [0.1, 0.15) is 0 Å². The van der Waals surface area contributed by atoms with Crippen molar-refractivity contribution in [3.8, 4) is 12.1 Å². The molecule has 0 saturated heterocycles. The van der Waals surface area contributed by atoms with Gasteiger partial charge in [-0.3, -0.25) is 29.0 Å². The van der Waals surface area contributed by atoms with Crippen LogP contribution in [0.2, 0.25) is 0 Å². The van der Waals surface area contributed by atoms with Crippen LogP contribution in [0.4, 0.5) is 11.4 Å². The van der Waals surface area contributed by atoms with E-state index in [1.54, 1.807) is 0 Å². The molecule has 0 fully saturated rings. The molecule has 2 heterocycles. The van der Waals surface area contributed by atoms with Gasteiger partial charge in [-0.2, -0.15) is 10.5 Å². The summed E-state index contributed by atoms with van der Waals surface area (Å²) in [5, 5.41) is 22.3. The first-order valence-electron chi connectivity index (χ1n) is 11.8. The average Bonchev–Trinajstić information content (AvgIpc) is 2.98. The number of nitriles is 2. The molecule has 5 aromatic rings. The Bertz CT molecular complexity index is 2050. The van der Waals surface area contributed by atoms with Crippen LogP contribution in [0.3, 0.4) is 0 Å². The highest BCUT2D eigenvalue weighted by molar-refractivity contribution is 6.45. The van der Waals surface area contributed by atoms with E-state index in [-0.39, 0.29) is 87.8 Å². The Morgan fingerprint density at radius 2 is 0.875 bits per heavy atom. The molecule has 0 aromatic heterocycles. The number of nitrogens with zero attached hydrogens (tertiary/aromatic N) is 6. The Hall–Kier alpha value is -6.36. The zero-order valence-electron chi connectivity index (χ0n) is 20.6. The SMILES string of the molecule is [C-]#[N+]c1cc2c3c(cc(C#N)c4c5c(C#N)cc6c7c(cc([N+]#[C-])c(c1c34)c75)C(=O)N(C)C6=O)C(=O)N(C)C2=O. The zero-order chi connectivity index (χ0) is 28.4. The van der Waals surface area contributed by atoms with Gasteiger partial charge in [-0.05, 0) is 45.8 Å². The lowest BCUT2D eigenvalue weighted by molar-refractivity contribution is 0.0635. The monoisotopic (exact) mass is 518 g/mol. The van der Waals surface area contributed by atoms with E-state index in [1.807, 2.05) is 0 Å². The molecular weight excluding hydrogens is 508 g/mol. The van der Waals surface area contributed by atoms with Gasteiger partial charge in [-0.25, -0.2) is 9.69 Å². The number of amides is 4. The van der Waals surface area contributed by atoms with Gasteiger partial charge in [0.15, 0.2) is 11.4 Å². The molecule has 10 nitrogen and oxygen atoms in total. The molecule has 5 aromatic carbocycles. The van der Waals surface area contributed by atoms with Gasteiger partial charge in [0.05, 0.1) is 36.4 Å². The predicted octanol–water partition coefficient (Wildman–Crippen LogP) is 5.03. The summed E-state index contributed by atoms with van der Waals surface area (Å²) in [6, 6.07) is 9.62. The molecule has 0 radical (unpaired) electrons. The van der Waals surface area contributed by atoms with Crippen LogP contribution in [-0.2, 0) is 0 Å². The number of hydrogen-bond donors (Lipinski definition) is 0. The predicted molar refractivity (Wildman–Crippen MR) is 142 cm³/mol. The van der Waals surface area contributed by atoms with Crippen molar-refractivity contribution in [2.45, 2.75) is 0 Å². The number of carbonyl (C=O) groups excluding carboxylic acids is 4. The summed E-state index contributed by atoms with van der Waals surface area (Å²) in [4.78, 5) is 62.1. The molecule has 0 atom stereocenters. The summed E-state index contributed by atoms with van der Waals surface area (Å²) in [5.74, 6) is -2.54. The highest BCUT2D eigenvalue weighted by Gasteiger charge is 2.38. The first-order chi connectivity index (χ1) is 19.2. The molecule has 0 spiro atoms. The van der Waals surface area contributed by atoms with Gasteiger partial charge >= 0.3 is 0 Å². The minimum absolute atomic E-state index is 0.00530. The highest BCUT2D eigenvalue weighted by atomic mass is 16.2. The van der Waals surface area contributed by atoms with Crippen molar-refractivity contribution in [3.63, 3.8) is 0 Å². The summed E-state index contributed by atoms with van der Waals surface area (Å²) in [6.45, 7) is 16.0. The van der Waals surface area contributed by atoms with Crippen LogP contribution in [0, 0.1) is 35.8 Å². The molecular formula is C30H10N6O4. The average molecular weight is 518 g/mol. The van der Waals surface area contributed by atoms with Gasteiger partial charge in [0.25, 0.3) is 23.6 Å². The van der Waals surface area contributed by atoms with E-state index in [0.29, 0.717) is 0 Å². The van der Waals surface area contributed by atoms with Gasteiger partial charge in [-0.1, -0.05) is 0 Å². The van der Waals surface area contributed by atoms with E-state index in [1.165, 1.54) is 38.4 Å². The van der Waals surface area contributed by atoms with Crippen LogP contribution in [0.1, 0.15) is 52.6 Å². The normalized spacial score (nSPS) is 14.2. The molecule has 0 N–H and O–H groups in total. The molecule has 0 bridgehead atoms. The fourth-order valence-corrected chi connectivity index (χ4v) is 6.20. The Balaban J connectivity index is 1.97. The molecule has 40 heavy (non-hydrogen) atoms. The summed E-state index contributed by atoms with van der Waals surface area (Å²) in [6.07, 6.45) is 0. The summed E-state index contributed by atoms with van der Waals surface area (Å²) >= 11 is 0. The van der Waals surface area contributed by atoms with E-state index >= 15 is 0 Å². The Morgan fingerprint density at radius 3 is 1.18 bits per heavy atom. The first-order valence-corrected chi connectivity index (χ1v) is 11.8. The van der Waals surface area contributed by atoms with Crippen molar-refractivity contribution >= 4 is 78.1 Å². The fraction of sp³-hybridized carbons (Fsp3) is 0.0667. The third-order valence-corrected chi connectivity index (χ3v) is 7.89. The second kappa shape index (κ2) is 7.14. The molecule has 184 valence electrons. The van der Waals surface area contributed by atoms with E-state index < -0.39 is 23.6 Å². The van der Waals surface area contributed by atoms with Crippen LogP contribution in [0.5, 0.6) is 0 Å². The lowest BCUT2D eigenvalue weighted by atomic mass is 9.78. The van der Waals surface area contributed by atoms with Crippen LogP contribution in [0.15, 0.2) is 24.3 Å². The van der Waals surface area contributed by atoms with Gasteiger partial charge in [0.2, 0.25) is 0 Å². The molecule has 0 unspecified atom stereocenters. The Kier molecular flexibility index (Phi) is 4.07. The Morgan fingerprint density at radius 1 is 0.550 bits per heavy atom. The number of rotatable bonds is 0. The van der Waals surface area contributed by atoms with Crippen LogP contribution in [0.25, 0.3) is 52.8 Å². The van der Waals surface area contributed by atoms with Crippen LogP contribution in [-0.4, -0.2) is 47.5 Å². The van der Waals surface area contributed by atoms with Crippen LogP contribution < -0.4 is 0 Å². The van der Waals surface area contributed by atoms with Crippen LogP contribution >= 0.6 is 0 Å². The minimum atomic E-state index is -0.636. The second-order valence-corrected chi connectivity index (χ2v) is 9.62. The highest BCUT2D eigenvalue weighted by Crippen LogP contribution is 2.53. The smallest absolute Gasteiger partial charge is 0.261 e. The van der Waals surface area contributed by atoms with E-state index in [9.17, 15) is 29.7 Å². The van der Waals surface area contributed by atoms with Crippen molar-refractivity contribution in [3.05, 3.63) is 80.5 Å². The molecule has 10 heteroatoms. The standard InChI is InChI=1S/C30H10N6O4/c1-33-17-7-15-21-13(27(37)35(3)29(15)39)5-11(9-31)19-20-12(10-32)6-14-22-16(30(40)36(4)28(14)38)8-18(34-2)24(26(20)22)23(17)25(19)21/h5-8H,3-4H3. The lowest BCUT2D eigenvalue weighted by Gasteiger charge is -2.29. The molecule has 4 amide bonds. The second-order valence-electron chi connectivity index (χ2n) is 9.62.